The Morgan fingerprint density at radius 1 is 1.55 bits per heavy atom. The molecule has 0 amide bonds. The molecule has 2 N–H and O–H groups in total. The summed E-state index contributed by atoms with van der Waals surface area (Å²) in [5.74, 6) is 0. The third-order valence-corrected chi connectivity index (χ3v) is 1.23. The molecule has 0 saturated carbocycles. The van der Waals surface area contributed by atoms with Crippen LogP contribution in [0, 0.1) is 0 Å². The average Bonchev–Trinajstić information content (AvgIpc) is 2.07. The van der Waals surface area contributed by atoms with Gasteiger partial charge < -0.3 is 5.73 Å². The Morgan fingerprint density at radius 2 is 2.45 bits per heavy atom. The third kappa shape index (κ3) is 2.91. The van der Waals surface area contributed by atoms with Crippen LogP contribution in [0.1, 0.15) is 12.1 Å². The van der Waals surface area contributed by atoms with E-state index in [0.717, 1.165) is 12.1 Å². The highest BCUT2D eigenvalue weighted by molar-refractivity contribution is 5.42. The summed E-state index contributed by atoms with van der Waals surface area (Å²) in [5.41, 5.74) is 6.23. The SMILES string of the molecule is NCCC=Cc1ccncn1. The zero-order chi connectivity index (χ0) is 7.94. The molecule has 3 heteroatoms. The summed E-state index contributed by atoms with van der Waals surface area (Å²) in [5, 5.41) is 0. The molecule has 0 aliphatic rings. The Balaban J connectivity index is 2.50. The number of rotatable bonds is 3. The maximum atomic E-state index is 5.31. The molecule has 0 radical (unpaired) electrons. The van der Waals surface area contributed by atoms with Gasteiger partial charge >= 0.3 is 0 Å². The van der Waals surface area contributed by atoms with Gasteiger partial charge in [0.2, 0.25) is 0 Å². The smallest absolute Gasteiger partial charge is 0.115 e. The summed E-state index contributed by atoms with van der Waals surface area (Å²) in [6.07, 6.45) is 8.08. The van der Waals surface area contributed by atoms with Crippen molar-refractivity contribution in [3.63, 3.8) is 0 Å². The molecule has 0 aromatic carbocycles. The standard InChI is InChI=1S/C8H11N3/c9-5-2-1-3-8-4-6-10-7-11-8/h1,3-4,6-7H,2,5,9H2. The molecule has 11 heavy (non-hydrogen) atoms. The number of nitrogens with two attached hydrogens (primary N) is 1. The van der Waals surface area contributed by atoms with Crippen LogP contribution in [0.25, 0.3) is 6.08 Å². The topological polar surface area (TPSA) is 51.8 Å². The van der Waals surface area contributed by atoms with Crippen molar-refractivity contribution < 1.29 is 0 Å². The van der Waals surface area contributed by atoms with Crippen LogP contribution in [0.2, 0.25) is 0 Å². The quantitative estimate of drug-likeness (QED) is 0.692. The van der Waals surface area contributed by atoms with Crippen molar-refractivity contribution in [2.75, 3.05) is 6.54 Å². The van der Waals surface area contributed by atoms with Crippen LogP contribution < -0.4 is 5.73 Å². The lowest BCUT2D eigenvalue weighted by Crippen LogP contribution is -1.95. The van der Waals surface area contributed by atoms with E-state index in [0.29, 0.717) is 6.54 Å². The monoisotopic (exact) mass is 149 g/mol. The van der Waals surface area contributed by atoms with Gasteiger partial charge in [0.05, 0.1) is 5.69 Å². The molecule has 58 valence electrons. The molecule has 0 fully saturated rings. The molecule has 3 nitrogen and oxygen atoms in total. The molecule has 0 aliphatic heterocycles. The first-order chi connectivity index (χ1) is 5.43. The molecule has 0 aliphatic carbocycles. The van der Waals surface area contributed by atoms with E-state index in [2.05, 4.69) is 9.97 Å². The van der Waals surface area contributed by atoms with E-state index in [4.69, 9.17) is 5.73 Å². The highest BCUT2D eigenvalue weighted by Gasteiger charge is 1.82. The maximum Gasteiger partial charge on any atom is 0.115 e. The van der Waals surface area contributed by atoms with Gasteiger partial charge in [-0.2, -0.15) is 0 Å². The van der Waals surface area contributed by atoms with Crippen LogP contribution in [0.5, 0.6) is 0 Å². The summed E-state index contributed by atoms with van der Waals surface area (Å²) < 4.78 is 0. The predicted octanol–water partition coefficient (Wildman–Crippen LogP) is 0.839. The lowest BCUT2D eigenvalue weighted by atomic mass is 10.3. The lowest BCUT2D eigenvalue weighted by Gasteiger charge is -1.88. The van der Waals surface area contributed by atoms with Gasteiger partial charge in [-0.3, -0.25) is 0 Å². The van der Waals surface area contributed by atoms with Crippen LogP contribution in [0.3, 0.4) is 0 Å². The number of nitrogens with zero attached hydrogens (tertiary/aromatic N) is 2. The molecule has 0 spiro atoms. The Morgan fingerprint density at radius 3 is 3.09 bits per heavy atom. The van der Waals surface area contributed by atoms with Crippen LogP contribution in [-0.4, -0.2) is 16.5 Å². The fourth-order valence-electron chi connectivity index (χ4n) is 0.700. The molecule has 1 rings (SSSR count). The Bertz CT molecular complexity index is 218. The van der Waals surface area contributed by atoms with E-state index in [1.54, 1.807) is 6.20 Å². The molecular weight excluding hydrogens is 138 g/mol. The maximum absolute atomic E-state index is 5.31. The molecule has 0 bridgehead atoms. The van der Waals surface area contributed by atoms with Crippen molar-refractivity contribution >= 4 is 6.08 Å². The third-order valence-electron chi connectivity index (χ3n) is 1.23. The zero-order valence-electron chi connectivity index (χ0n) is 6.27. The van der Waals surface area contributed by atoms with Gasteiger partial charge in [0.1, 0.15) is 6.33 Å². The van der Waals surface area contributed by atoms with Crippen molar-refractivity contribution in [2.45, 2.75) is 6.42 Å². The summed E-state index contributed by atoms with van der Waals surface area (Å²) in [7, 11) is 0. The molecule has 1 aromatic heterocycles. The Kier molecular flexibility index (Phi) is 3.28. The van der Waals surface area contributed by atoms with E-state index < -0.39 is 0 Å². The van der Waals surface area contributed by atoms with Crippen molar-refractivity contribution in [1.29, 1.82) is 0 Å². The summed E-state index contributed by atoms with van der Waals surface area (Å²) in [4.78, 5) is 7.82. The first-order valence-electron chi connectivity index (χ1n) is 3.56. The summed E-state index contributed by atoms with van der Waals surface area (Å²) in [6, 6.07) is 1.85. The molecule has 0 atom stereocenters. The van der Waals surface area contributed by atoms with Gasteiger partial charge in [0, 0.05) is 6.20 Å². The summed E-state index contributed by atoms with van der Waals surface area (Å²) in [6.45, 7) is 0.682. The van der Waals surface area contributed by atoms with Gasteiger partial charge in [-0.25, -0.2) is 9.97 Å². The minimum Gasteiger partial charge on any atom is -0.330 e. The number of hydrogen-bond donors (Lipinski definition) is 1. The molecule has 0 saturated heterocycles. The zero-order valence-corrected chi connectivity index (χ0v) is 6.27. The van der Waals surface area contributed by atoms with Gasteiger partial charge in [-0.1, -0.05) is 6.08 Å². The lowest BCUT2D eigenvalue weighted by molar-refractivity contribution is 1.01. The number of aromatic nitrogens is 2. The van der Waals surface area contributed by atoms with Crippen molar-refractivity contribution in [3.05, 3.63) is 30.4 Å². The Hall–Kier alpha value is -1.22. The first kappa shape index (κ1) is 7.88. The van der Waals surface area contributed by atoms with Gasteiger partial charge in [-0.05, 0) is 25.1 Å². The minimum absolute atomic E-state index is 0.682. The van der Waals surface area contributed by atoms with Gasteiger partial charge in [0.15, 0.2) is 0 Å². The second-order valence-corrected chi connectivity index (χ2v) is 2.11. The van der Waals surface area contributed by atoms with E-state index in [1.165, 1.54) is 6.33 Å². The normalized spacial score (nSPS) is 10.6. The van der Waals surface area contributed by atoms with E-state index in [1.807, 2.05) is 18.2 Å². The average molecular weight is 149 g/mol. The minimum atomic E-state index is 0.682. The highest BCUT2D eigenvalue weighted by Crippen LogP contribution is 1.94. The van der Waals surface area contributed by atoms with Crippen molar-refractivity contribution in [1.82, 2.24) is 9.97 Å². The first-order valence-corrected chi connectivity index (χ1v) is 3.56. The fourth-order valence-corrected chi connectivity index (χ4v) is 0.700. The predicted molar refractivity (Wildman–Crippen MR) is 44.7 cm³/mol. The van der Waals surface area contributed by atoms with E-state index in [9.17, 15) is 0 Å². The molecule has 0 unspecified atom stereocenters. The van der Waals surface area contributed by atoms with Crippen LogP contribution in [-0.2, 0) is 0 Å². The van der Waals surface area contributed by atoms with E-state index >= 15 is 0 Å². The van der Waals surface area contributed by atoms with Crippen LogP contribution >= 0.6 is 0 Å². The molecular formula is C8H11N3. The number of hydrogen-bond acceptors (Lipinski definition) is 3. The second-order valence-electron chi connectivity index (χ2n) is 2.11. The Labute approximate surface area is 66.0 Å². The largest absolute Gasteiger partial charge is 0.330 e. The van der Waals surface area contributed by atoms with E-state index in [-0.39, 0.29) is 0 Å². The van der Waals surface area contributed by atoms with Crippen molar-refractivity contribution in [2.24, 2.45) is 5.73 Å². The van der Waals surface area contributed by atoms with Crippen LogP contribution in [0.15, 0.2) is 24.7 Å². The second kappa shape index (κ2) is 4.57. The highest BCUT2D eigenvalue weighted by atomic mass is 14.8. The van der Waals surface area contributed by atoms with Crippen molar-refractivity contribution in [3.8, 4) is 0 Å². The fraction of sp³-hybridized carbons (Fsp3) is 0.250. The van der Waals surface area contributed by atoms with Gasteiger partial charge in [-0.15, -0.1) is 0 Å². The molecule has 1 aromatic rings. The van der Waals surface area contributed by atoms with Gasteiger partial charge in [0.25, 0.3) is 0 Å². The summed E-state index contributed by atoms with van der Waals surface area (Å²) >= 11 is 0. The van der Waals surface area contributed by atoms with Crippen LogP contribution in [0.4, 0.5) is 0 Å². The molecule has 1 heterocycles.